The van der Waals surface area contributed by atoms with Gasteiger partial charge >= 0.3 is 0 Å². The Labute approximate surface area is 106 Å². The number of aromatic nitrogens is 1. The number of pyridine rings is 1. The second kappa shape index (κ2) is 5.91. The molecule has 0 aliphatic rings. The molecule has 2 aromatic rings. The van der Waals surface area contributed by atoms with Crippen LogP contribution < -0.4 is 10.1 Å². The first-order valence-corrected chi connectivity index (χ1v) is 5.89. The first kappa shape index (κ1) is 12.2. The van der Waals surface area contributed by atoms with Gasteiger partial charge in [-0.3, -0.25) is 0 Å². The van der Waals surface area contributed by atoms with Gasteiger partial charge < -0.3 is 15.2 Å². The first-order valence-electron chi connectivity index (χ1n) is 5.89. The maximum Gasteiger partial charge on any atom is 0.169 e. The van der Waals surface area contributed by atoms with Crippen LogP contribution in [0.3, 0.4) is 0 Å². The molecular formula is C14H16N2O2. The summed E-state index contributed by atoms with van der Waals surface area (Å²) in [7, 11) is 0. The number of benzene rings is 1. The van der Waals surface area contributed by atoms with E-state index in [2.05, 4.69) is 10.3 Å². The second-order valence-electron chi connectivity index (χ2n) is 3.80. The predicted octanol–water partition coefficient (Wildman–Crippen LogP) is 2.80. The summed E-state index contributed by atoms with van der Waals surface area (Å²) < 4.78 is 5.48. The van der Waals surface area contributed by atoms with Crippen molar-refractivity contribution in [1.29, 1.82) is 0 Å². The Morgan fingerprint density at radius 1 is 1.22 bits per heavy atom. The maximum atomic E-state index is 9.20. The summed E-state index contributed by atoms with van der Waals surface area (Å²) in [4.78, 5) is 4.24. The molecule has 0 fully saturated rings. The Kier molecular flexibility index (Phi) is 4.02. The normalized spacial score (nSPS) is 10.1. The maximum absolute atomic E-state index is 9.20. The van der Waals surface area contributed by atoms with Crippen LogP contribution in [0.15, 0.2) is 42.6 Å². The lowest BCUT2D eigenvalue weighted by Gasteiger charge is -2.10. The van der Waals surface area contributed by atoms with Crippen LogP contribution in [0, 0.1) is 0 Å². The number of nitrogens with zero attached hydrogens (tertiary/aromatic N) is 1. The van der Waals surface area contributed by atoms with Crippen LogP contribution in [0.1, 0.15) is 12.5 Å². The Morgan fingerprint density at radius 3 is 2.72 bits per heavy atom. The van der Waals surface area contributed by atoms with Crippen molar-refractivity contribution in [2.45, 2.75) is 13.5 Å². The van der Waals surface area contributed by atoms with Crippen LogP contribution >= 0.6 is 0 Å². The number of phenols is 1. The van der Waals surface area contributed by atoms with E-state index >= 15 is 0 Å². The fourth-order valence-corrected chi connectivity index (χ4v) is 1.59. The van der Waals surface area contributed by atoms with Gasteiger partial charge in [0.25, 0.3) is 0 Å². The van der Waals surface area contributed by atoms with Gasteiger partial charge in [0.2, 0.25) is 0 Å². The summed E-state index contributed by atoms with van der Waals surface area (Å²) in [6.07, 6.45) is 1.72. The lowest BCUT2D eigenvalue weighted by atomic mass is 10.2. The average molecular weight is 244 g/mol. The molecule has 2 N–H and O–H groups in total. The highest BCUT2D eigenvalue weighted by Gasteiger charge is 2.03. The molecule has 0 unspecified atom stereocenters. The summed E-state index contributed by atoms with van der Waals surface area (Å²) in [5.74, 6) is 1.75. The predicted molar refractivity (Wildman–Crippen MR) is 70.8 cm³/mol. The van der Waals surface area contributed by atoms with Crippen molar-refractivity contribution >= 4 is 5.82 Å². The summed E-state index contributed by atoms with van der Waals surface area (Å²) in [6.45, 7) is 3.19. The highest BCUT2D eigenvalue weighted by atomic mass is 16.5. The molecule has 0 saturated carbocycles. The SMILES string of the molecule is CCOc1cccnc1NCc1ccc(O)cc1. The third kappa shape index (κ3) is 3.13. The molecule has 4 heteroatoms. The molecule has 18 heavy (non-hydrogen) atoms. The lowest BCUT2D eigenvalue weighted by molar-refractivity contribution is 0.340. The number of rotatable bonds is 5. The van der Waals surface area contributed by atoms with Crippen LogP contribution in [-0.4, -0.2) is 16.7 Å². The minimum absolute atomic E-state index is 0.270. The number of hydrogen-bond acceptors (Lipinski definition) is 4. The van der Waals surface area contributed by atoms with Gasteiger partial charge in [-0.1, -0.05) is 12.1 Å². The van der Waals surface area contributed by atoms with Crippen molar-refractivity contribution in [3.05, 3.63) is 48.2 Å². The van der Waals surface area contributed by atoms with E-state index in [4.69, 9.17) is 4.74 Å². The van der Waals surface area contributed by atoms with Crippen molar-refractivity contribution in [2.75, 3.05) is 11.9 Å². The topological polar surface area (TPSA) is 54.4 Å². The summed E-state index contributed by atoms with van der Waals surface area (Å²) in [5, 5.41) is 12.4. The number of aromatic hydroxyl groups is 1. The molecule has 0 saturated heterocycles. The van der Waals surface area contributed by atoms with E-state index in [0.29, 0.717) is 13.2 Å². The number of phenolic OH excluding ortho intramolecular Hbond substituents is 1. The molecule has 1 aromatic heterocycles. The van der Waals surface area contributed by atoms with Gasteiger partial charge in [-0.05, 0) is 36.8 Å². The Bertz CT molecular complexity index is 497. The number of hydrogen-bond donors (Lipinski definition) is 2. The molecule has 1 heterocycles. The summed E-state index contributed by atoms with van der Waals surface area (Å²) >= 11 is 0. The van der Waals surface area contributed by atoms with Gasteiger partial charge in [-0.15, -0.1) is 0 Å². The minimum Gasteiger partial charge on any atom is -0.508 e. The molecule has 0 atom stereocenters. The molecule has 0 radical (unpaired) electrons. The van der Waals surface area contributed by atoms with Gasteiger partial charge in [0.1, 0.15) is 5.75 Å². The molecule has 0 aliphatic heterocycles. The molecule has 94 valence electrons. The zero-order valence-corrected chi connectivity index (χ0v) is 10.3. The number of nitrogens with one attached hydrogen (secondary N) is 1. The molecule has 2 rings (SSSR count). The molecule has 0 spiro atoms. The van der Waals surface area contributed by atoms with E-state index in [-0.39, 0.29) is 5.75 Å². The summed E-state index contributed by atoms with van der Waals surface area (Å²) in [6, 6.07) is 10.8. The van der Waals surface area contributed by atoms with Crippen molar-refractivity contribution in [3.8, 4) is 11.5 Å². The van der Waals surface area contributed by atoms with Crippen LogP contribution in [0.4, 0.5) is 5.82 Å². The van der Waals surface area contributed by atoms with Crippen molar-refractivity contribution in [3.63, 3.8) is 0 Å². The van der Waals surface area contributed by atoms with Crippen LogP contribution in [0.5, 0.6) is 11.5 Å². The lowest BCUT2D eigenvalue weighted by Crippen LogP contribution is -2.04. The van der Waals surface area contributed by atoms with Gasteiger partial charge in [0.05, 0.1) is 6.61 Å². The second-order valence-corrected chi connectivity index (χ2v) is 3.80. The van der Waals surface area contributed by atoms with E-state index in [0.717, 1.165) is 17.1 Å². The average Bonchev–Trinajstić information content (AvgIpc) is 2.40. The van der Waals surface area contributed by atoms with Crippen LogP contribution in [0.25, 0.3) is 0 Å². The molecule has 0 amide bonds. The largest absolute Gasteiger partial charge is 0.508 e. The van der Waals surface area contributed by atoms with Gasteiger partial charge in [-0.25, -0.2) is 4.98 Å². The molecule has 0 aliphatic carbocycles. The minimum atomic E-state index is 0.270. The van der Waals surface area contributed by atoms with Crippen LogP contribution in [0.2, 0.25) is 0 Å². The fraction of sp³-hybridized carbons (Fsp3) is 0.214. The molecule has 4 nitrogen and oxygen atoms in total. The monoisotopic (exact) mass is 244 g/mol. The van der Waals surface area contributed by atoms with Crippen molar-refractivity contribution in [2.24, 2.45) is 0 Å². The van der Waals surface area contributed by atoms with E-state index in [1.165, 1.54) is 0 Å². The van der Waals surface area contributed by atoms with Gasteiger partial charge in [0, 0.05) is 12.7 Å². The first-order chi connectivity index (χ1) is 8.79. The Hall–Kier alpha value is -2.23. The third-order valence-electron chi connectivity index (χ3n) is 2.47. The zero-order valence-electron chi connectivity index (χ0n) is 10.3. The smallest absolute Gasteiger partial charge is 0.169 e. The molecule has 1 aromatic carbocycles. The van der Waals surface area contributed by atoms with Crippen LogP contribution in [-0.2, 0) is 6.54 Å². The summed E-state index contributed by atoms with van der Waals surface area (Å²) in [5.41, 5.74) is 1.07. The fourth-order valence-electron chi connectivity index (χ4n) is 1.59. The standard InChI is InChI=1S/C14H16N2O2/c1-2-18-13-4-3-9-15-14(13)16-10-11-5-7-12(17)8-6-11/h3-9,17H,2,10H2,1H3,(H,15,16). The van der Waals surface area contributed by atoms with Crippen molar-refractivity contribution in [1.82, 2.24) is 4.98 Å². The highest BCUT2D eigenvalue weighted by Crippen LogP contribution is 2.21. The Balaban J connectivity index is 2.03. The zero-order chi connectivity index (χ0) is 12.8. The quantitative estimate of drug-likeness (QED) is 0.849. The van der Waals surface area contributed by atoms with E-state index in [1.54, 1.807) is 18.3 Å². The number of ether oxygens (including phenoxy) is 1. The molecular weight excluding hydrogens is 228 g/mol. The Morgan fingerprint density at radius 2 is 2.00 bits per heavy atom. The van der Waals surface area contributed by atoms with E-state index in [1.807, 2.05) is 31.2 Å². The van der Waals surface area contributed by atoms with Crippen molar-refractivity contribution < 1.29 is 9.84 Å². The van der Waals surface area contributed by atoms with Gasteiger partial charge in [-0.2, -0.15) is 0 Å². The van der Waals surface area contributed by atoms with Gasteiger partial charge in [0.15, 0.2) is 11.6 Å². The van der Waals surface area contributed by atoms with E-state index in [9.17, 15) is 5.11 Å². The highest BCUT2D eigenvalue weighted by molar-refractivity contribution is 5.49. The third-order valence-corrected chi connectivity index (χ3v) is 2.47. The molecule has 0 bridgehead atoms. The number of anilines is 1. The van der Waals surface area contributed by atoms with E-state index < -0.39 is 0 Å².